The molecule has 0 radical (unpaired) electrons. The van der Waals surface area contributed by atoms with Gasteiger partial charge in [0.2, 0.25) is 0 Å². The third-order valence-electron chi connectivity index (χ3n) is 4.04. The van der Waals surface area contributed by atoms with E-state index in [1.165, 1.54) is 0 Å². The van der Waals surface area contributed by atoms with Crippen molar-refractivity contribution in [1.82, 2.24) is 5.32 Å². The summed E-state index contributed by atoms with van der Waals surface area (Å²) in [5.74, 6) is -1.23. The van der Waals surface area contributed by atoms with Gasteiger partial charge in [-0.15, -0.1) is 0 Å². The van der Waals surface area contributed by atoms with Crippen LogP contribution in [0, 0.1) is 0 Å². The van der Waals surface area contributed by atoms with Crippen LogP contribution in [-0.4, -0.2) is 24.5 Å². The standard InChI is InChI=1S/C18H19ClF3NO3/c19-15-8-7-13(18(20,21)22)10-12(15)6-9-17(25)26-11-16(24)23-14-4-2-1-3-5-14/h6-10,14H,1-5,11H2,(H,23,24)/b9-6+. The van der Waals surface area contributed by atoms with E-state index in [-0.39, 0.29) is 16.6 Å². The van der Waals surface area contributed by atoms with Gasteiger partial charge < -0.3 is 10.1 Å². The highest BCUT2D eigenvalue weighted by atomic mass is 35.5. The lowest BCUT2D eigenvalue weighted by Gasteiger charge is -2.22. The van der Waals surface area contributed by atoms with E-state index >= 15 is 0 Å². The van der Waals surface area contributed by atoms with E-state index in [4.69, 9.17) is 16.3 Å². The fourth-order valence-corrected chi connectivity index (χ4v) is 2.89. The van der Waals surface area contributed by atoms with E-state index in [0.29, 0.717) is 0 Å². The van der Waals surface area contributed by atoms with Crippen molar-refractivity contribution in [2.24, 2.45) is 0 Å². The lowest BCUT2D eigenvalue weighted by molar-refractivity contribution is -0.144. The predicted molar refractivity (Wildman–Crippen MR) is 91.5 cm³/mol. The Balaban J connectivity index is 1.86. The van der Waals surface area contributed by atoms with E-state index in [1.54, 1.807) is 0 Å². The lowest BCUT2D eigenvalue weighted by Crippen LogP contribution is -2.38. The molecule has 1 fully saturated rings. The topological polar surface area (TPSA) is 55.4 Å². The van der Waals surface area contributed by atoms with Crippen LogP contribution in [0.2, 0.25) is 5.02 Å². The maximum atomic E-state index is 12.7. The molecule has 142 valence electrons. The molecular formula is C18H19ClF3NO3. The number of nitrogens with one attached hydrogen (secondary N) is 1. The molecule has 1 N–H and O–H groups in total. The largest absolute Gasteiger partial charge is 0.452 e. The smallest absolute Gasteiger partial charge is 0.416 e. The second kappa shape index (κ2) is 9.07. The van der Waals surface area contributed by atoms with Gasteiger partial charge in [-0.2, -0.15) is 13.2 Å². The van der Waals surface area contributed by atoms with E-state index in [0.717, 1.165) is 62.5 Å². The highest BCUT2D eigenvalue weighted by Crippen LogP contribution is 2.32. The molecule has 1 aliphatic rings. The molecule has 0 aliphatic heterocycles. The van der Waals surface area contributed by atoms with Crippen molar-refractivity contribution in [3.05, 3.63) is 40.4 Å². The van der Waals surface area contributed by atoms with E-state index in [2.05, 4.69) is 5.32 Å². The molecule has 0 heterocycles. The summed E-state index contributed by atoms with van der Waals surface area (Å²) in [6.07, 6.45) is 2.65. The maximum Gasteiger partial charge on any atom is 0.416 e. The maximum absolute atomic E-state index is 12.7. The van der Waals surface area contributed by atoms with Crippen molar-refractivity contribution in [2.75, 3.05) is 6.61 Å². The minimum Gasteiger partial charge on any atom is -0.452 e. The van der Waals surface area contributed by atoms with Crippen molar-refractivity contribution in [2.45, 2.75) is 44.3 Å². The Kier molecular flexibility index (Phi) is 7.08. The molecule has 0 aromatic heterocycles. The molecule has 1 aromatic carbocycles. The molecule has 0 unspecified atom stereocenters. The number of carbonyl (C=O) groups excluding carboxylic acids is 2. The van der Waals surface area contributed by atoms with Gasteiger partial charge in [0, 0.05) is 17.1 Å². The summed E-state index contributed by atoms with van der Waals surface area (Å²) in [5, 5.41) is 2.86. The van der Waals surface area contributed by atoms with Crippen LogP contribution < -0.4 is 5.32 Å². The first-order valence-electron chi connectivity index (χ1n) is 8.26. The molecule has 4 nitrogen and oxygen atoms in total. The van der Waals surface area contributed by atoms with Crippen LogP contribution in [-0.2, 0) is 20.5 Å². The zero-order valence-electron chi connectivity index (χ0n) is 13.9. The Bertz CT molecular complexity index is 683. The fourth-order valence-electron chi connectivity index (χ4n) is 2.71. The molecule has 1 saturated carbocycles. The monoisotopic (exact) mass is 389 g/mol. The summed E-state index contributed by atoms with van der Waals surface area (Å²) in [6.45, 7) is -0.435. The molecule has 0 saturated heterocycles. The summed E-state index contributed by atoms with van der Waals surface area (Å²) in [4.78, 5) is 23.4. The van der Waals surface area contributed by atoms with E-state index < -0.39 is 30.2 Å². The molecule has 26 heavy (non-hydrogen) atoms. The molecule has 1 amide bonds. The average molecular weight is 390 g/mol. The number of rotatable bonds is 5. The van der Waals surface area contributed by atoms with Crippen molar-refractivity contribution >= 4 is 29.6 Å². The molecule has 2 rings (SSSR count). The summed E-state index contributed by atoms with van der Waals surface area (Å²) < 4.78 is 42.9. The molecule has 1 aromatic rings. The molecule has 0 bridgehead atoms. The summed E-state index contributed by atoms with van der Waals surface area (Å²) >= 11 is 5.83. The van der Waals surface area contributed by atoms with Crippen LogP contribution in [0.1, 0.15) is 43.2 Å². The number of esters is 1. The minimum atomic E-state index is -4.51. The number of hydrogen-bond acceptors (Lipinski definition) is 3. The highest BCUT2D eigenvalue weighted by molar-refractivity contribution is 6.32. The summed E-state index contributed by atoms with van der Waals surface area (Å²) in [5.41, 5.74) is -0.841. The van der Waals surface area contributed by atoms with Crippen LogP contribution in [0.5, 0.6) is 0 Å². The summed E-state index contributed by atoms with van der Waals surface area (Å²) in [7, 11) is 0. The van der Waals surface area contributed by atoms with Gasteiger partial charge in [-0.3, -0.25) is 4.79 Å². The van der Waals surface area contributed by atoms with Crippen LogP contribution >= 0.6 is 11.6 Å². The number of benzene rings is 1. The number of hydrogen-bond donors (Lipinski definition) is 1. The molecular weight excluding hydrogens is 371 g/mol. The fraction of sp³-hybridized carbons (Fsp3) is 0.444. The first-order chi connectivity index (χ1) is 12.3. The van der Waals surface area contributed by atoms with Gasteiger partial charge in [0.15, 0.2) is 6.61 Å². The van der Waals surface area contributed by atoms with Crippen molar-refractivity contribution in [3.63, 3.8) is 0 Å². The summed E-state index contributed by atoms with van der Waals surface area (Å²) in [6, 6.07) is 2.90. The second-order valence-corrected chi connectivity index (χ2v) is 6.48. The predicted octanol–water partition coefficient (Wildman–Crippen LogP) is 4.36. The van der Waals surface area contributed by atoms with Gasteiger partial charge in [-0.1, -0.05) is 30.9 Å². The number of amides is 1. The van der Waals surface area contributed by atoms with Gasteiger partial charge in [0.05, 0.1) is 5.56 Å². The number of halogens is 4. The Hall–Kier alpha value is -2.02. The first-order valence-corrected chi connectivity index (χ1v) is 8.64. The molecule has 1 aliphatic carbocycles. The van der Waals surface area contributed by atoms with Crippen molar-refractivity contribution < 1.29 is 27.5 Å². The average Bonchev–Trinajstić information content (AvgIpc) is 2.59. The zero-order chi connectivity index (χ0) is 19.2. The molecule has 0 atom stereocenters. The van der Waals surface area contributed by atoms with Crippen molar-refractivity contribution in [1.29, 1.82) is 0 Å². The van der Waals surface area contributed by atoms with Gasteiger partial charge in [0.1, 0.15) is 0 Å². The Morgan fingerprint density at radius 3 is 2.58 bits per heavy atom. The van der Waals surface area contributed by atoms with Gasteiger partial charge in [-0.05, 0) is 42.7 Å². The van der Waals surface area contributed by atoms with Gasteiger partial charge in [-0.25, -0.2) is 4.79 Å². The Morgan fingerprint density at radius 2 is 1.92 bits per heavy atom. The van der Waals surface area contributed by atoms with Crippen LogP contribution in [0.3, 0.4) is 0 Å². The number of carbonyl (C=O) groups is 2. The Morgan fingerprint density at radius 1 is 1.23 bits per heavy atom. The Labute approximate surface area is 154 Å². The minimum absolute atomic E-state index is 0.0325. The SMILES string of the molecule is O=C(COC(=O)/C=C/c1cc(C(F)(F)F)ccc1Cl)NC1CCCCC1. The van der Waals surface area contributed by atoms with Crippen LogP contribution in [0.15, 0.2) is 24.3 Å². The number of alkyl halides is 3. The van der Waals surface area contributed by atoms with E-state index in [9.17, 15) is 22.8 Å². The van der Waals surface area contributed by atoms with Gasteiger partial charge in [0.25, 0.3) is 5.91 Å². The highest BCUT2D eigenvalue weighted by Gasteiger charge is 2.30. The molecule has 0 spiro atoms. The quantitative estimate of drug-likeness (QED) is 0.601. The van der Waals surface area contributed by atoms with E-state index in [1.807, 2.05) is 0 Å². The van der Waals surface area contributed by atoms with Crippen LogP contribution in [0.25, 0.3) is 6.08 Å². The van der Waals surface area contributed by atoms with Gasteiger partial charge >= 0.3 is 12.1 Å². The number of ether oxygens (including phenoxy) is 1. The first kappa shape index (κ1) is 20.3. The third-order valence-corrected chi connectivity index (χ3v) is 4.38. The molecule has 8 heteroatoms. The van der Waals surface area contributed by atoms with Crippen molar-refractivity contribution in [3.8, 4) is 0 Å². The normalized spacial score (nSPS) is 15.8. The van der Waals surface area contributed by atoms with Crippen LogP contribution in [0.4, 0.5) is 13.2 Å². The lowest BCUT2D eigenvalue weighted by atomic mass is 9.95. The third kappa shape index (κ3) is 6.37. The zero-order valence-corrected chi connectivity index (χ0v) is 14.7. The second-order valence-electron chi connectivity index (χ2n) is 6.08.